The molecule has 1 aliphatic heterocycles. The third-order valence-electron chi connectivity index (χ3n) is 3.71. The van der Waals surface area contributed by atoms with E-state index >= 15 is 0 Å². The summed E-state index contributed by atoms with van der Waals surface area (Å²) in [4.78, 5) is 37.7. The van der Waals surface area contributed by atoms with Gasteiger partial charge in [0.05, 0.1) is 0 Å². The Balaban J connectivity index is 0.00000264. The highest BCUT2D eigenvalue weighted by Gasteiger charge is 2.38. The number of rotatable bonds is 7. The van der Waals surface area contributed by atoms with Gasteiger partial charge in [-0.3, -0.25) is 14.4 Å². The van der Waals surface area contributed by atoms with E-state index in [0.717, 1.165) is 5.56 Å². The molecular weight excluding hydrogens is 318 g/mol. The lowest BCUT2D eigenvalue weighted by Crippen LogP contribution is -2.46. The zero-order valence-electron chi connectivity index (χ0n) is 13.1. The Labute approximate surface area is 142 Å². The second-order valence-electron chi connectivity index (χ2n) is 5.29. The van der Waals surface area contributed by atoms with E-state index in [9.17, 15) is 14.4 Å². The molecular formula is C16H22ClN3O3. The van der Waals surface area contributed by atoms with Crippen molar-refractivity contribution in [3.63, 3.8) is 0 Å². The molecule has 6 nitrogen and oxygen atoms in total. The maximum Gasteiger partial charge on any atom is 0.289 e. The van der Waals surface area contributed by atoms with E-state index in [4.69, 9.17) is 0 Å². The molecule has 0 radical (unpaired) electrons. The summed E-state index contributed by atoms with van der Waals surface area (Å²) in [6, 6.07) is 8.82. The topological polar surface area (TPSA) is 78.5 Å². The summed E-state index contributed by atoms with van der Waals surface area (Å²) in [5, 5.41) is 5.46. The van der Waals surface area contributed by atoms with Gasteiger partial charge in [-0.15, -0.1) is 12.4 Å². The molecule has 23 heavy (non-hydrogen) atoms. The third kappa shape index (κ3) is 5.04. The van der Waals surface area contributed by atoms with Gasteiger partial charge in [0.25, 0.3) is 5.91 Å². The summed E-state index contributed by atoms with van der Waals surface area (Å²) >= 11 is 0. The van der Waals surface area contributed by atoms with Crippen molar-refractivity contribution < 1.29 is 14.4 Å². The molecule has 1 aliphatic rings. The molecule has 2 rings (SSSR count). The van der Waals surface area contributed by atoms with Crippen molar-refractivity contribution in [2.45, 2.75) is 25.4 Å². The van der Waals surface area contributed by atoms with Crippen LogP contribution in [-0.2, 0) is 20.9 Å². The molecule has 2 amide bonds. The zero-order valence-corrected chi connectivity index (χ0v) is 13.9. The Hall–Kier alpha value is -1.92. The minimum atomic E-state index is -0.651. The zero-order chi connectivity index (χ0) is 15.9. The van der Waals surface area contributed by atoms with Gasteiger partial charge >= 0.3 is 0 Å². The van der Waals surface area contributed by atoms with Gasteiger partial charge in [0.1, 0.15) is 6.04 Å². The van der Waals surface area contributed by atoms with E-state index in [1.54, 1.807) is 7.05 Å². The molecule has 0 aromatic heterocycles. The largest absolute Gasteiger partial charge is 0.348 e. The molecule has 0 spiro atoms. The Morgan fingerprint density at radius 2 is 1.91 bits per heavy atom. The van der Waals surface area contributed by atoms with Crippen LogP contribution in [0.3, 0.4) is 0 Å². The third-order valence-corrected chi connectivity index (χ3v) is 3.71. The molecule has 2 N–H and O–H groups in total. The number of benzene rings is 1. The summed E-state index contributed by atoms with van der Waals surface area (Å²) in [5.74, 6) is -1.23. The van der Waals surface area contributed by atoms with E-state index in [-0.39, 0.29) is 18.3 Å². The Morgan fingerprint density at radius 1 is 1.22 bits per heavy atom. The Morgan fingerprint density at radius 3 is 2.57 bits per heavy atom. The first-order valence-electron chi connectivity index (χ1n) is 7.43. The maximum absolute atomic E-state index is 12.3. The van der Waals surface area contributed by atoms with Crippen LogP contribution in [0.25, 0.3) is 0 Å². The minimum Gasteiger partial charge on any atom is -0.348 e. The van der Waals surface area contributed by atoms with Gasteiger partial charge in [0.15, 0.2) is 0 Å². The number of hydrogen-bond acceptors (Lipinski definition) is 4. The van der Waals surface area contributed by atoms with Crippen LogP contribution in [0.15, 0.2) is 30.3 Å². The molecule has 1 aromatic carbocycles. The van der Waals surface area contributed by atoms with Gasteiger partial charge < -0.3 is 15.5 Å². The van der Waals surface area contributed by atoms with Crippen LogP contribution in [-0.4, -0.2) is 48.7 Å². The first-order valence-corrected chi connectivity index (χ1v) is 7.43. The number of likely N-dealkylation sites (N-methyl/N-ethyl adjacent to an activating group) is 1. The fraction of sp³-hybridized carbons (Fsp3) is 0.438. The van der Waals surface area contributed by atoms with Crippen molar-refractivity contribution in [1.82, 2.24) is 15.5 Å². The number of carbonyl (C=O) groups is 3. The summed E-state index contributed by atoms with van der Waals surface area (Å²) in [7, 11) is 1.77. The van der Waals surface area contributed by atoms with Crippen molar-refractivity contribution in [2.24, 2.45) is 0 Å². The molecule has 0 unspecified atom stereocenters. The van der Waals surface area contributed by atoms with E-state index < -0.39 is 17.7 Å². The average Bonchev–Trinajstić information content (AvgIpc) is 2.89. The molecule has 0 bridgehead atoms. The predicted molar refractivity (Wildman–Crippen MR) is 89.2 cm³/mol. The second-order valence-corrected chi connectivity index (χ2v) is 5.29. The van der Waals surface area contributed by atoms with Gasteiger partial charge in [-0.1, -0.05) is 30.3 Å². The summed E-state index contributed by atoms with van der Waals surface area (Å²) in [6.45, 7) is 1.34. The second kappa shape index (κ2) is 9.27. The minimum absolute atomic E-state index is 0. The molecule has 1 saturated heterocycles. The first kappa shape index (κ1) is 19.1. The van der Waals surface area contributed by atoms with Crippen molar-refractivity contribution in [2.75, 3.05) is 20.1 Å². The molecule has 1 fully saturated rings. The lowest BCUT2D eigenvalue weighted by Gasteiger charge is -2.23. The van der Waals surface area contributed by atoms with Gasteiger partial charge in [-0.05, 0) is 19.0 Å². The number of amides is 2. The standard InChI is InChI=1S/C16H21N3O3.ClH/c1-17-9-10-18-16(22)15(21)13-7-8-14(20)19(13)11-12-5-3-2-4-6-12;/h2-6,13,17H,7-11H2,1H3,(H,18,22);1H/t13-;/m1./s1. The highest BCUT2D eigenvalue weighted by molar-refractivity contribution is 6.38. The van der Waals surface area contributed by atoms with E-state index in [1.165, 1.54) is 4.90 Å². The summed E-state index contributed by atoms with van der Waals surface area (Å²) in [5.41, 5.74) is 0.950. The monoisotopic (exact) mass is 339 g/mol. The van der Waals surface area contributed by atoms with Crippen molar-refractivity contribution >= 4 is 30.0 Å². The average molecular weight is 340 g/mol. The van der Waals surface area contributed by atoms with Crippen LogP contribution in [0, 0.1) is 0 Å². The molecule has 0 aliphatic carbocycles. The molecule has 1 atom stereocenters. The van der Waals surface area contributed by atoms with Crippen molar-refractivity contribution in [3.8, 4) is 0 Å². The van der Waals surface area contributed by atoms with Gasteiger partial charge in [0, 0.05) is 26.1 Å². The van der Waals surface area contributed by atoms with Crippen LogP contribution in [0.5, 0.6) is 0 Å². The number of nitrogens with zero attached hydrogens (tertiary/aromatic N) is 1. The number of Topliss-reactive ketones (excluding diaryl/α,β-unsaturated/α-hetero) is 1. The van der Waals surface area contributed by atoms with Crippen molar-refractivity contribution in [3.05, 3.63) is 35.9 Å². The van der Waals surface area contributed by atoms with Crippen molar-refractivity contribution in [1.29, 1.82) is 0 Å². The normalized spacial score (nSPS) is 16.8. The maximum atomic E-state index is 12.3. The first-order chi connectivity index (χ1) is 10.6. The fourth-order valence-electron chi connectivity index (χ4n) is 2.52. The summed E-state index contributed by atoms with van der Waals surface area (Å²) < 4.78 is 0. The van der Waals surface area contributed by atoms with Crippen LogP contribution in [0.1, 0.15) is 18.4 Å². The molecule has 126 valence electrons. The Bertz CT molecular complexity index is 551. The SMILES string of the molecule is CNCCNC(=O)C(=O)[C@H]1CCC(=O)N1Cc1ccccc1.Cl. The lowest BCUT2D eigenvalue weighted by atomic mass is 10.1. The predicted octanol–water partition coefficient (Wildman–Crippen LogP) is 0.504. The lowest BCUT2D eigenvalue weighted by molar-refractivity contribution is -0.143. The fourth-order valence-corrected chi connectivity index (χ4v) is 2.52. The number of nitrogens with one attached hydrogen (secondary N) is 2. The van der Waals surface area contributed by atoms with Gasteiger partial charge in [0.2, 0.25) is 11.7 Å². The number of ketones is 1. The van der Waals surface area contributed by atoms with E-state index in [1.807, 2.05) is 30.3 Å². The number of hydrogen-bond donors (Lipinski definition) is 2. The van der Waals surface area contributed by atoms with Crippen LogP contribution >= 0.6 is 12.4 Å². The molecule has 0 saturated carbocycles. The van der Waals surface area contributed by atoms with E-state index in [2.05, 4.69) is 10.6 Å². The number of halogens is 1. The highest BCUT2D eigenvalue weighted by atomic mass is 35.5. The van der Waals surface area contributed by atoms with Gasteiger partial charge in [-0.2, -0.15) is 0 Å². The van der Waals surface area contributed by atoms with Crippen LogP contribution < -0.4 is 10.6 Å². The smallest absolute Gasteiger partial charge is 0.289 e. The van der Waals surface area contributed by atoms with Crippen LogP contribution in [0.4, 0.5) is 0 Å². The number of carbonyl (C=O) groups excluding carboxylic acids is 3. The Kier molecular flexibility index (Phi) is 7.71. The van der Waals surface area contributed by atoms with E-state index in [0.29, 0.717) is 32.5 Å². The van der Waals surface area contributed by atoms with Gasteiger partial charge in [-0.25, -0.2) is 0 Å². The molecule has 7 heteroatoms. The molecule has 1 aromatic rings. The quantitative estimate of drug-likeness (QED) is 0.560. The summed E-state index contributed by atoms with van der Waals surface area (Å²) in [6.07, 6.45) is 0.719. The highest BCUT2D eigenvalue weighted by Crippen LogP contribution is 2.22. The van der Waals surface area contributed by atoms with Crippen LogP contribution in [0.2, 0.25) is 0 Å². The number of likely N-dealkylation sites (tertiary alicyclic amines) is 1. The molecule has 1 heterocycles.